The smallest absolute Gasteiger partial charge is 0.344 e. The molecule has 0 bridgehead atoms. The Balaban J connectivity index is 1.39. The van der Waals surface area contributed by atoms with Crippen LogP contribution in [0, 0.1) is 0 Å². The summed E-state index contributed by atoms with van der Waals surface area (Å²) >= 11 is 7.40. The molecule has 1 aliphatic rings. The molecule has 50 heavy (non-hydrogen) atoms. The largest absolute Gasteiger partial charge is 0.467 e. The molecule has 0 amide bonds. The standard InChI is InChI=1S/C34H33ClN6O8S/c1-19(42)47-27-30(41-17-37-26-28(36)39-32(35)40-29(26)41)48-25(33(27,3)49-20(2)43)15-46-34(31(44)45-4,24-16-50-18-38-24)14-21-10-12-23(13-11-21)22-8-6-5-7-9-22/h5-13,16-18,25,27,30H,14-15H2,1-4H3,(H2,36,39,40)/t25-,27+,30-,33-,34?/m1/s1. The van der Waals surface area contributed by atoms with Gasteiger partial charge in [0.2, 0.25) is 10.9 Å². The molecule has 2 N–H and O–H groups in total. The third-order valence-electron chi connectivity index (χ3n) is 8.48. The van der Waals surface area contributed by atoms with Gasteiger partial charge in [-0.2, -0.15) is 9.97 Å². The number of methoxy groups -OCH3 is 1. The van der Waals surface area contributed by atoms with Crippen molar-refractivity contribution in [3.8, 4) is 11.1 Å². The Morgan fingerprint density at radius 3 is 2.40 bits per heavy atom. The Morgan fingerprint density at radius 2 is 1.76 bits per heavy atom. The number of anilines is 1. The molecular weight excluding hydrogens is 688 g/mol. The SMILES string of the molecule is COC(=O)C(Cc1ccc(-c2ccccc2)cc1)(OC[C@H]1O[C@@H](n2cnc3c(N)nc(Cl)nc32)[C@H](OC(C)=O)[C@]1(C)OC(C)=O)c1cscn1. The van der Waals surface area contributed by atoms with Gasteiger partial charge in [0.05, 0.1) is 31.2 Å². The van der Waals surface area contributed by atoms with Crippen LogP contribution in [0.15, 0.2) is 71.8 Å². The lowest BCUT2D eigenvalue weighted by Crippen LogP contribution is -2.53. The number of nitrogens with two attached hydrogens (primary N) is 1. The Hall–Kier alpha value is -4.96. The zero-order valence-electron chi connectivity index (χ0n) is 27.4. The second kappa shape index (κ2) is 14.1. The van der Waals surface area contributed by atoms with Crippen molar-refractivity contribution in [2.24, 2.45) is 0 Å². The number of imidazole rings is 1. The van der Waals surface area contributed by atoms with Crippen LogP contribution in [-0.4, -0.2) is 73.9 Å². The Labute approximate surface area is 295 Å². The number of ether oxygens (including phenoxy) is 5. The van der Waals surface area contributed by atoms with E-state index in [9.17, 15) is 14.4 Å². The number of fused-ring (bicyclic) bond motifs is 1. The van der Waals surface area contributed by atoms with Gasteiger partial charge in [-0.3, -0.25) is 14.2 Å². The minimum Gasteiger partial charge on any atom is -0.467 e. The molecule has 0 radical (unpaired) electrons. The number of carbonyl (C=O) groups is 3. The number of esters is 3. The third-order valence-corrected chi connectivity index (χ3v) is 9.23. The molecule has 6 rings (SSSR count). The lowest BCUT2D eigenvalue weighted by molar-refractivity contribution is -0.194. The quantitative estimate of drug-likeness (QED) is 0.113. The first kappa shape index (κ1) is 34.9. The molecule has 4 heterocycles. The van der Waals surface area contributed by atoms with Crippen LogP contribution in [0.3, 0.4) is 0 Å². The number of nitrogens with zero attached hydrogens (tertiary/aromatic N) is 5. The summed E-state index contributed by atoms with van der Waals surface area (Å²) in [4.78, 5) is 55.8. The molecule has 0 saturated carbocycles. The van der Waals surface area contributed by atoms with E-state index in [4.69, 9.17) is 41.0 Å². The van der Waals surface area contributed by atoms with Crippen LogP contribution in [0.4, 0.5) is 5.82 Å². The minimum atomic E-state index is -1.75. The van der Waals surface area contributed by atoms with Gasteiger partial charge in [0.1, 0.15) is 11.6 Å². The van der Waals surface area contributed by atoms with Crippen molar-refractivity contribution in [3.05, 3.63) is 88.4 Å². The van der Waals surface area contributed by atoms with Gasteiger partial charge in [0.25, 0.3) is 0 Å². The van der Waals surface area contributed by atoms with Crippen molar-refractivity contribution in [1.82, 2.24) is 24.5 Å². The van der Waals surface area contributed by atoms with E-state index in [1.54, 1.807) is 17.8 Å². The zero-order valence-corrected chi connectivity index (χ0v) is 29.0. The summed E-state index contributed by atoms with van der Waals surface area (Å²) in [5, 5.41) is 1.55. The number of nitrogen functional groups attached to an aromatic ring is 1. The Bertz CT molecular complexity index is 2010. The van der Waals surface area contributed by atoms with E-state index >= 15 is 0 Å². The second-order valence-electron chi connectivity index (χ2n) is 11.8. The summed E-state index contributed by atoms with van der Waals surface area (Å²) in [6, 6.07) is 17.6. The molecule has 5 atom stereocenters. The first-order valence-electron chi connectivity index (χ1n) is 15.4. The summed E-state index contributed by atoms with van der Waals surface area (Å²) in [6.45, 7) is 3.63. The van der Waals surface area contributed by atoms with Gasteiger partial charge in [0, 0.05) is 25.6 Å². The summed E-state index contributed by atoms with van der Waals surface area (Å²) in [5.41, 5.74) is 7.72. The van der Waals surface area contributed by atoms with Gasteiger partial charge < -0.3 is 29.4 Å². The highest BCUT2D eigenvalue weighted by Crippen LogP contribution is 2.44. The van der Waals surface area contributed by atoms with Gasteiger partial charge in [-0.1, -0.05) is 54.6 Å². The van der Waals surface area contributed by atoms with Crippen LogP contribution in [0.2, 0.25) is 5.28 Å². The average molecular weight is 721 g/mol. The number of thiazole rings is 1. The summed E-state index contributed by atoms with van der Waals surface area (Å²) < 4.78 is 31.5. The number of halogens is 1. The first-order valence-corrected chi connectivity index (χ1v) is 16.7. The van der Waals surface area contributed by atoms with Gasteiger partial charge in [-0.05, 0) is 35.2 Å². The summed E-state index contributed by atoms with van der Waals surface area (Å²) in [5.74, 6) is -2.05. The topological polar surface area (TPSA) is 180 Å². The maximum Gasteiger partial charge on any atom is 0.344 e. The average Bonchev–Trinajstić information content (AvgIpc) is 3.83. The van der Waals surface area contributed by atoms with E-state index in [0.717, 1.165) is 16.7 Å². The number of hydrogen-bond acceptors (Lipinski definition) is 14. The third kappa shape index (κ3) is 6.64. The molecule has 260 valence electrons. The fraction of sp³-hybridized carbons (Fsp3) is 0.324. The molecule has 3 aromatic heterocycles. The predicted octanol–water partition coefficient (Wildman–Crippen LogP) is 4.66. The van der Waals surface area contributed by atoms with Crippen LogP contribution >= 0.6 is 22.9 Å². The van der Waals surface area contributed by atoms with E-state index in [0.29, 0.717) is 5.69 Å². The highest BCUT2D eigenvalue weighted by molar-refractivity contribution is 7.07. The van der Waals surface area contributed by atoms with Crippen molar-refractivity contribution in [2.75, 3.05) is 19.5 Å². The second-order valence-corrected chi connectivity index (χ2v) is 12.8. The van der Waals surface area contributed by atoms with E-state index in [1.807, 2.05) is 54.6 Å². The summed E-state index contributed by atoms with van der Waals surface area (Å²) in [7, 11) is 1.26. The van der Waals surface area contributed by atoms with Crippen molar-refractivity contribution in [2.45, 2.75) is 56.8 Å². The lowest BCUT2D eigenvalue weighted by atomic mass is 9.89. The fourth-order valence-corrected chi connectivity index (χ4v) is 6.91. The molecule has 1 fully saturated rings. The van der Waals surface area contributed by atoms with Crippen LogP contribution in [0.25, 0.3) is 22.3 Å². The lowest BCUT2D eigenvalue weighted by Gasteiger charge is -2.36. The van der Waals surface area contributed by atoms with Crippen LogP contribution in [0.1, 0.15) is 38.3 Å². The van der Waals surface area contributed by atoms with Crippen LogP contribution in [0.5, 0.6) is 0 Å². The van der Waals surface area contributed by atoms with E-state index < -0.39 is 47.5 Å². The van der Waals surface area contributed by atoms with E-state index in [2.05, 4.69) is 19.9 Å². The van der Waals surface area contributed by atoms with Gasteiger partial charge in [-0.15, -0.1) is 11.3 Å². The maximum absolute atomic E-state index is 13.8. The number of rotatable bonds is 11. The van der Waals surface area contributed by atoms with Gasteiger partial charge >= 0.3 is 17.9 Å². The number of benzene rings is 2. The number of carbonyl (C=O) groups excluding carboxylic acids is 3. The van der Waals surface area contributed by atoms with E-state index in [-0.39, 0.29) is 35.3 Å². The van der Waals surface area contributed by atoms with Crippen molar-refractivity contribution >= 4 is 57.8 Å². The molecule has 1 unspecified atom stereocenters. The molecule has 14 nitrogen and oxygen atoms in total. The molecular formula is C34H33ClN6O8S. The molecule has 2 aromatic carbocycles. The monoisotopic (exact) mass is 720 g/mol. The first-order chi connectivity index (χ1) is 23.9. The molecule has 0 spiro atoms. The Kier molecular flexibility index (Phi) is 9.84. The van der Waals surface area contributed by atoms with Crippen molar-refractivity contribution in [1.29, 1.82) is 0 Å². The highest BCUT2D eigenvalue weighted by atomic mass is 35.5. The highest BCUT2D eigenvalue weighted by Gasteiger charge is 2.60. The molecule has 1 saturated heterocycles. The van der Waals surface area contributed by atoms with Gasteiger partial charge in [-0.25, -0.2) is 14.8 Å². The molecule has 5 aromatic rings. The summed E-state index contributed by atoms with van der Waals surface area (Å²) in [6.07, 6.45) is -2.13. The van der Waals surface area contributed by atoms with E-state index in [1.165, 1.54) is 43.2 Å². The molecule has 1 aliphatic heterocycles. The number of hydrogen-bond donors (Lipinski definition) is 1. The predicted molar refractivity (Wildman–Crippen MR) is 182 cm³/mol. The number of aromatic nitrogens is 5. The Morgan fingerprint density at radius 1 is 1.04 bits per heavy atom. The molecule has 16 heteroatoms. The normalized spacial score (nSPS) is 21.4. The zero-order chi connectivity index (χ0) is 35.6. The van der Waals surface area contributed by atoms with Gasteiger partial charge in [0.15, 0.2) is 29.4 Å². The van der Waals surface area contributed by atoms with Crippen LogP contribution < -0.4 is 5.73 Å². The minimum absolute atomic E-state index is 0.0198. The maximum atomic E-state index is 13.8. The molecule has 0 aliphatic carbocycles. The van der Waals surface area contributed by atoms with Crippen molar-refractivity contribution < 1.29 is 38.1 Å². The van der Waals surface area contributed by atoms with Crippen molar-refractivity contribution in [3.63, 3.8) is 0 Å². The van der Waals surface area contributed by atoms with Crippen LogP contribution in [-0.2, 0) is 50.1 Å². The fourth-order valence-electron chi connectivity index (χ4n) is 6.12.